The molecule has 10 heteroatoms. The molecule has 156 valence electrons. The normalized spacial score (nSPS) is 11.6. The van der Waals surface area contributed by atoms with Gasteiger partial charge in [-0.1, -0.05) is 29.3 Å². The van der Waals surface area contributed by atoms with Crippen LogP contribution in [0.4, 0.5) is 5.69 Å². The molecule has 0 radical (unpaired) electrons. The number of methoxy groups -OCH3 is 2. The number of carbonyl (C=O) groups is 1. The number of amides is 1. The van der Waals surface area contributed by atoms with Crippen LogP contribution in [0.3, 0.4) is 0 Å². The average molecular weight is 443 g/mol. The minimum atomic E-state index is -0.656. The minimum absolute atomic E-state index is 0.140. The van der Waals surface area contributed by atoms with Crippen LogP contribution in [0.25, 0.3) is 0 Å². The summed E-state index contributed by atoms with van der Waals surface area (Å²) >= 11 is 12.1. The molecule has 2 rings (SSSR count). The molecular weight excluding hydrogens is 423 g/mol. The molecule has 1 amide bonds. The second-order valence-corrected chi connectivity index (χ2v) is 6.82. The Morgan fingerprint density at radius 2 is 1.90 bits per heavy atom. The Kier molecular flexibility index (Phi) is 8.07. The highest BCUT2D eigenvalue weighted by molar-refractivity contribution is 6.35. The number of hydrogen-bond acceptors (Lipinski definition) is 6. The zero-order valence-corrected chi connectivity index (χ0v) is 17.5. The molecule has 0 heterocycles. The van der Waals surface area contributed by atoms with Crippen molar-refractivity contribution in [3.63, 3.8) is 0 Å². The lowest BCUT2D eigenvalue weighted by molar-refractivity contribution is -0.385. The summed E-state index contributed by atoms with van der Waals surface area (Å²) in [4.78, 5) is 23.6. The second-order valence-electron chi connectivity index (χ2n) is 5.98. The molecule has 2 aromatic carbocycles. The fourth-order valence-corrected chi connectivity index (χ4v) is 3.17. The van der Waals surface area contributed by atoms with Crippen LogP contribution in [-0.2, 0) is 4.74 Å². The van der Waals surface area contributed by atoms with E-state index < -0.39 is 22.6 Å². The topological polar surface area (TPSA) is 99.9 Å². The van der Waals surface area contributed by atoms with Gasteiger partial charge in [-0.25, -0.2) is 0 Å². The third-order valence-corrected chi connectivity index (χ3v) is 4.61. The monoisotopic (exact) mass is 442 g/mol. The molecule has 0 saturated heterocycles. The van der Waals surface area contributed by atoms with Gasteiger partial charge in [-0.05, 0) is 24.6 Å². The minimum Gasteiger partial charge on any atom is -0.493 e. The molecule has 0 aromatic heterocycles. The molecule has 0 bridgehead atoms. The van der Waals surface area contributed by atoms with Crippen molar-refractivity contribution in [2.45, 2.75) is 13.0 Å². The number of nitro benzene ring substituents is 1. The number of hydrogen-bond donors (Lipinski definition) is 1. The molecule has 29 heavy (non-hydrogen) atoms. The SMILES string of the molecule is COCCOc1cc([N+](=O)[O-])c(C(=O)NC(C)c2ccc(Cl)cc2Cl)cc1OC. The van der Waals surface area contributed by atoms with Crippen molar-refractivity contribution in [2.24, 2.45) is 0 Å². The Hall–Kier alpha value is -2.55. The summed E-state index contributed by atoms with van der Waals surface area (Å²) in [6.45, 7) is 2.17. The summed E-state index contributed by atoms with van der Waals surface area (Å²) in [5.74, 6) is -0.326. The number of rotatable bonds is 9. The van der Waals surface area contributed by atoms with Crippen molar-refractivity contribution in [3.05, 3.63) is 61.6 Å². The summed E-state index contributed by atoms with van der Waals surface area (Å²) in [5.41, 5.74) is 0.0477. The molecular formula is C19H20Cl2N2O6. The molecule has 0 saturated carbocycles. The molecule has 1 N–H and O–H groups in total. The first-order valence-corrected chi connectivity index (χ1v) is 9.28. The highest BCUT2D eigenvalue weighted by atomic mass is 35.5. The molecule has 8 nitrogen and oxygen atoms in total. The second kappa shape index (κ2) is 10.3. The van der Waals surface area contributed by atoms with E-state index in [1.165, 1.54) is 20.3 Å². The Labute approximate surface area is 177 Å². The predicted octanol–water partition coefficient (Wildman–Crippen LogP) is 4.43. The third kappa shape index (κ3) is 5.72. The van der Waals surface area contributed by atoms with Gasteiger partial charge in [0.25, 0.3) is 11.6 Å². The van der Waals surface area contributed by atoms with Crippen molar-refractivity contribution in [1.82, 2.24) is 5.32 Å². The quantitative estimate of drug-likeness (QED) is 0.350. The van der Waals surface area contributed by atoms with E-state index in [0.717, 1.165) is 6.07 Å². The van der Waals surface area contributed by atoms with E-state index in [1.54, 1.807) is 25.1 Å². The van der Waals surface area contributed by atoms with Gasteiger partial charge in [0.05, 0.1) is 30.7 Å². The first-order valence-electron chi connectivity index (χ1n) is 8.52. The first kappa shape index (κ1) is 22.7. The average Bonchev–Trinajstić information content (AvgIpc) is 2.67. The summed E-state index contributed by atoms with van der Waals surface area (Å²) in [6, 6.07) is 6.78. The number of carbonyl (C=O) groups excluding carboxylic acids is 1. The van der Waals surface area contributed by atoms with Crippen LogP contribution in [0.2, 0.25) is 10.0 Å². The molecule has 0 fully saturated rings. The zero-order valence-electron chi connectivity index (χ0n) is 16.0. The lowest BCUT2D eigenvalue weighted by Crippen LogP contribution is -2.27. The van der Waals surface area contributed by atoms with Gasteiger partial charge in [-0.15, -0.1) is 0 Å². The zero-order chi connectivity index (χ0) is 21.6. The summed E-state index contributed by atoms with van der Waals surface area (Å²) in [7, 11) is 2.88. The molecule has 0 aliphatic carbocycles. The number of nitrogens with zero attached hydrogens (tertiary/aromatic N) is 1. The van der Waals surface area contributed by atoms with Gasteiger partial charge < -0.3 is 19.5 Å². The van der Waals surface area contributed by atoms with Crippen molar-refractivity contribution in [3.8, 4) is 11.5 Å². The Morgan fingerprint density at radius 1 is 1.17 bits per heavy atom. The number of nitrogens with one attached hydrogen (secondary N) is 1. The smallest absolute Gasteiger partial charge is 0.286 e. The molecule has 1 unspecified atom stereocenters. The van der Waals surface area contributed by atoms with Crippen LogP contribution in [0.15, 0.2) is 30.3 Å². The highest BCUT2D eigenvalue weighted by Gasteiger charge is 2.26. The molecule has 2 aromatic rings. The molecule has 0 spiro atoms. The van der Waals surface area contributed by atoms with E-state index in [4.69, 9.17) is 37.4 Å². The van der Waals surface area contributed by atoms with Crippen LogP contribution in [-0.4, -0.2) is 38.3 Å². The fraction of sp³-hybridized carbons (Fsp3) is 0.316. The predicted molar refractivity (Wildman–Crippen MR) is 109 cm³/mol. The van der Waals surface area contributed by atoms with Crippen LogP contribution < -0.4 is 14.8 Å². The van der Waals surface area contributed by atoms with Gasteiger partial charge in [0.15, 0.2) is 11.5 Å². The van der Waals surface area contributed by atoms with E-state index in [0.29, 0.717) is 22.2 Å². The van der Waals surface area contributed by atoms with Crippen molar-refractivity contribution < 1.29 is 23.9 Å². The maximum Gasteiger partial charge on any atom is 0.286 e. The summed E-state index contributed by atoms with van der Waals surface area (Å²) in [5, 5.41) is 15.1. The third-order valence-electron chi connectivity index (χ3n) is 4.04. The van der Waals surface area contributed by atoms with Crippen LogP contribution in [0.1, 0.15) is 28.9 Å². The van der Waals surface area contributed by atoms with E-state index in [-0.39, 0.29) is 23.7 Å². The van der Waals surface area contributed by atoms with E-state index in [9.17, 15) is 14.9 Å². The van der Waals surface area contributed by atoms with Crippen LogP contribution in [0.5, 0.6) is 11.5 Å². The molecule has 0 aliphatic rings. The molecule has 1 atom stereocenters. The van der Waals surface area contributed by atoms with Crippen LogP contribution >= 0.6 is 23.2 Å². The number of ether oxygens (including phenoxy) is 3. The van der Waals surface area contributed by atoms with Crippen molar-refractivity contribution >= 4 is 34.8 Å². The van der Waals surface area contributed by atoms with Crippen LogP contribution in [0, 0.1) is 10.1 Å². The van der Waals surface area contributed by atoms with Gasteiger partial charge in [-0.3, -0.25) is 14.9 Å². The van der Waals surface area contributed by atoms with Gasteiger partial charge in [0, 0.05) is 23.2 Å². The van der Waals surface area contributed by atoms with Gasteiger partial charge in [0.2, 0.25) is 0 Å². The maximum atomic E-state index is 12.8. The largest absolute Gasteiger partial charge is 0.493 e. The number of nitro groups is 1. The summed E-state index contributed by atoms with van der Waals surface area (Å²) in [6.07, 6.45) is 0. The van der Waals surface area contributed by atoms with Gasteiger partial charge in [0.1, 0.15) is 12.2 Å². The Morgan fingerprint density at radius 3 is 2.48 bits per heavy atom. The van der Waals surface area contributed by atoms with E-state index in [1.807, 2.05) is 0 Å². The lowest BCUT2D eigenvalue weighted by atomic mass is 10.1. The lowest BCUT2D eigenvalue weighted by Gasteiger charge is -2.17. The van der Waals surface area contributed by atoms with E-state index in [2.05, 4.69) is 5.32 Å². The Balaban J connectivity index is 2.33. The Bertz CT molecular complexity index is 907. The van der Waals surface area contributed by atoms with E-state index >= 15 is 0 Å². The number of benzene rings is 2. The fourth-order valence-electron chi connectivity index (χ4n) is 2.59. The first-order chi connectivity index (χ1) is 13.8. The highest BCUT2D eigenvalue weighted by Crippen LogP contribution is 2.35. The maximum absolute atomic E-state index is 12.8. The van der Waals surface area contributed by atoms with Crippen molar-refractivity contribution in [1.29, 1.82) is 0 Å². The summed E-state index contributed by atoms with van der Waals surface area (Å²) < 4.78 is 15.6. The van der Waals surface area contributed by atoms with Gasteiger partial charge in [-0.2, -0.15) is 0 Å². The standard InChI is InChI=1S/C19H20Cl2N2O6/c1-11(13-5-4-12(20)8-15(13)21)22-19(24)14-9-17(28-3)18(29-7-6-27-2)10-16(14)23(25)26/h4-5,8-11H,6-7H2,1-3H3,(H,22,24). The molecule has 0 aliphatic heterocycles. The number of halogens is 2. The van der Waals surface area contributed by atoms with Crippen molar-refractivity contribution in [2.75, 3.05) is 27.4 Å². The van der Waals surface area contributed by atoms with Gasteiger partial charge >= 0.3 is 0 Å².